The summed E-state index contributed by atoms with van der Waals surface area (Å²) in [6.07, 6.45) is -0.151. The van der Waals surface area contributed by atoms with Crippen molar-refractivity contribution in [3.63, 3.8) is 0 Å². The maximum absolute atomic E-state index is 13.1. The Labute approximate surface area is 123 Å². The summed E-state index contributed by atoms with van der Waals surface area (Å²) in [5.41, 5.74) is -0.697. The Bertz CT molecular complexity index is 542. The van der Waals surface area contributed by atoms with Gasteiger partial charge in [-0.25, -0.2) is 9.18 Å². The molecule has 0 radical (unpaired) electrons. The highest BCUT2D eigenvalue weighted by molar-refractivity contribution is 5.91. The Morgan fingerprint density at radius 2 is 2.05 bits per heavy atom. The molecule has 1 unspecified atom stereocenters. The SMILES string of the molecule is CCC(C)(C)NC(=O)C(C)Oc1ccc(F)cc1C(=O)O. The number of carbonyl (C=O) groups excluding carboxylic acids is 1. The number of hydrogen-bond acceptors (Lipinski definition) is 3. The summed E-state index contributed by atoms with van der Waals surface area (Å²) in [5.74, 6) is -2.39. The molecule has 116 valence electrons. The molecule has 2 N–H and O–H groups in total. The second-order valence-corrected chi connectivity index (χ2v) is 5.43. The molecule has 1 aromatic rings. The molecule has 5 nitrogen and oxygen atoms in total. The average molecular weight is 297 g/mol. The molecule has 6 heteroatoms. The first kappa shape index (κ1) is 16.9. The van der Waals surface area contributed by atoms with Gasteiger partial charge in [0.15, 0.2) is 6.10 Å². The van der Waals surface area contributed by atoms with E-state index in [1.807, 2.05) is 20.8 Å². The fourth-order valence-electron chi connectivity index (χ4n) is 1.54. The summed E-state index contributed by atoms with van der Waals surface area (Å²) >= 11 is 0. The molecule has 0 aromatic heterocycles. The van der Waals surface area contributed by atoms with E-state index in [-0.39, 0.29) is 22.8 Å². The summed E-state index contributed by atoms with van der Waals surface area (Å²) in [6, 6.07) is 3.15. The van der Waals surface area contributed by atoms with Gasteiger partial charge in [-0.3, -0.25) is 4.79 Å². The molecule has 1 atom stereocenters. The molecule has 0 bridgehead atoms. The first-order valence-electron chi connectivity index (χ1n) is 6.68. The second kappa shape index (κ2) is 6.56. The molecular weight excluding hydrogens is 277 g/mol. The number of aromatic carboxylic acids is 1. The van der Waals surface area contributed by atoms with Crippen molar-refractivity contribution in [2.75, 3.05) is 0 Å². The minimum absolute atomic E-state index is 0.0409. The third-order valence-corrected chi connectivity index (χ3v) is 3.19. The van der Waals surface area contributed by atoms with Gasteiger partial charge in [-0.1, -0.05) is 6.92 Å². The van der Waals surface area contributed by atoms with E-state index >= 15 is 0 Å². The molecular formula is C15H20FNO4. The Kier molecular flexibility index (Phi) is 5.29. The Balaban J connectivity index is 2.86. The van der Waals surface area contributed by atoms with Crippen molar-refractivity contribution in [2.24, 2.45) is 0 Å². The van der Waals surface area contributed by atoms with Gasteiger partial charge in [-0.15, -0.1) is 0 Å². The lowest BCUT2D eigenvalue weighted by Crippen LogP contribution is -2.48. The number of rotatable bonds is 6. The highest BCUT2D eigenvalue weighted by Gasteiger charge is 2.24. The summed E-state index contributed by atoms with van der Waals surface area (Å²) < 4.78 is 18.4. The van der Waals surface area contributed by atoms with E-state index in [4.69, 9.17) is 9.84 Å². The van der Waals surface area contributed by atoms with Crippen LogP contribution < -0.4 is 10.1 Å². The van der Waals surface area contributed by atoms with Crippen LogP contribution in [0.1, 0.15) is 44.5 Å². The van der Waals surface area contributed by atoms with E-state index in [0.29, 0.717) is 0 Å². The average Bonchev–Trinajstić information content (AvgIpc) is 2.40. The number of halogens is 1. The predicted molar refractivity (Wildman–Crippen MR) is 76.0 cm³/mol. The zero-order chi connectivity index (χ0) is 16.2. The van der Waals surface area contributed by atoms with Crippen molar-refractivity contribution in [1.29, 1.82) is 0 Å². The molecule has 0 fully saturated rings. The van der Waals surface area contributed by atoms with Crippen LogP contribution in [0.15, 0.2) is 18.2 Å². The van der Waals surface area contributed by atoms with Crippen LogP contribution in [-0.2, 0) is 4.79 Å². The van der Waals surface area contributed by atoms with Crippen molar-refractivity contribution in [3.8, 4) is 5.75 Å². The van der Waals surface area contributed by atoms with E-state index in [2.05, 4.69) is 5.32 Å². The quantitative estimate of drug-likeness (QED) is 0.846. The lowest BCUT2D eigenvalue weighted by atomic mass is 10.0. The topological polar surface area (TPSA) is 75.6 Å². The summed E-state index contributed by atoms with van der Waals surface area (Å²) in [7, 11) is 0. The zero-order valence-electron chi connectivity index (χ0n) is 12.6. The Morgan fingerprint density at radius 1 is 1.43 bits per heavy atom. The number of amides is 1. The smallest absolute Gasteiger partial charge is 0.339 e. The highest BCUT2D eigenvalue weighted by atomic mass is 19.1. The van der Waals surface area contributed by atoms with E-state index in [0.717, 1.165) is 18.6 Å². The van der Waals surface area contributed by atoms with E-state index in [1.54, 1.807) is 0 Å². The standard InChI is InChI=1S/C15H20FNO4/c1-5-15(3,4)17-13(18)9(2)21-12-7-6-10(16)8-11(12)14(19)20/h6-9H,5H2,1-4H3,(H,17,18)(H,19,20). The second-order valence-electron chi connectivity index (χ2n) is 5.43. The van der Waals surface area contributed by atoms with Gasteiger partial charge in [0.05, 0.1) is 0 Å². The van der Waals surface area contributed by atoms with Gasteiger partial charge in [0, 0.05) is 5.54 Å². The fourth-order valence-corrected chi connectivity index (χ4v) is 1.54. The largest absolute Gasteiger partial charge is 0.480 e. The molecule has 21 heavy (non-hydrogen) atoms. The predicted octanol–water partition coefficient (Wildman–Crippen LogP) is 2.60. The zero-order valence-corrected chi connectivity index (χ0v) is 12.6. The third kappa shape index (κ3) is 4.73. The molecule has 0 aliphatic rings. The normalized spacial score (nSPS) is 12.6. The number of nitrogens with one attached hydrogen (secondary N) is 1. The number of carboxylic acid groups (broad SMARTS) is 1. The Morgan fingerprint density at radius 3 is 2.57 bits per heavy atom. The molecule has 0 aliphatic carbocycles. The van der Waals surface area contributed by atoms with Gasteiger partial charge in [-0.2, -0.15) is 0 Å². The van der Waals surface area contributed by atoms with Gasteiger partial charge in [-0.05, 0) is 45.4 Å². The molecule has 1 amide bonds. The first-order chi connectivity index (χ1) is 9.66. The number of benzene rings is 1. The molecule has 0 spiro atoms. The van der Waals surface area contributed by atoms with Crippen LogP contribution in [0.4, 0.5) is 4.39 Å². The van der Waals surface area contributed by atoms with Crippen LogP contribution in [0, 0.1) is 5.82 Å². The maximum Gasteiger partial charge on any atom is 0.339 e. The van der Waals surface area contributed by atoms with Crippen molar-refractivity contribution >= 4 is 11.9 Å². The molecule has 0 saturated carbocycles. The number of carboxylic acids is 1. The fraction of sp³-hybridized carbons (Fsp3) is 0.467. The van der Waals surface area contributed by atoms with Gasteiger partial charge < -0.3 is 15.2 Å². The van der Waals surface area contributed by atoms with Crippen molar-refractivity contribution in [2.45, 2.75) is 45.8 Å². The lowest BCUT2D eigenvalue weighted by molar-refractivity contribution is -0.129. The van der Waals surface area contributed by atoms with Gasteiger partial charge in [0.2, 0.25) is 0 Å². The first-order valence-corrected chi connectivity index (χ1v) is 6.68. The van der Waals surface area contributed by atoms with E-state index in [9.17, 15) is 14.0 Å². The minimum Gasteiger partial charge on any atom is -0.480 e. The van der Waals surface area contributed by atoms with Crippen LogP contribution in [0.2, 0.25) is 0 Å². The van der Waals surface area contributed by atoms with Crippen LogP contribution >= 0.6 is 0 Å². The van der Waals surface area contributed by atoms with Gasteiger partial charge in [0.1, 0.15) is 17.1 Å². The van der Waals surface area contributed by atoms with Gasteiger partial charge >= 0.3 is 5.97 Å². The van der Waals surface area contributed by atoms with Crippen molar-refractivity contribution < 1.29 is 23.8 Å². The van der Waals surface area contributed by atoms with Crippen molar-refractivity contribution in [3.05, 3.63) is 29.6 Å². The maximum atomic E-state index is 13.1. The van der Waals surface area contributed by atoms with E-state index < -0.39 is 17.9 Å². The molecule has 1 aromatic carbocycles. The van der Waals surface area contributed by atoms with Crippen molar-refractivity contribution in [1.82, 2.24) is 5.32 Å². The number of carbonyl (C=O) groups is 2. The molecule has 0 heterocycles. The molecule has 0 saturated heterocycles. The molecule has 1 rings (SSSR count). The van der Waals surface area contributed by atoms with Gasteiger partial charge in [0.25, 0.3) is 5.91 Å². The molecule has 0 aliphatic heterocycles. The van der Waals surface area contributed by atoms with Crippen LogP contribution in [0.3, 0.4) is 0 Å². The van der Waals surface area contributed by atoms with Crippen LogP contribution in [0.25, 0.3) is 0 Å². The van der Waals surface area contributed by atoms with E-state index in [1.165, 1.54) is 13.0 Å². The summed E-state index contributed by atoms with van der Waals surface area (Å²) in [4.78, 5) is 23.1. The lowest BCUT2D eigenvalue weighted by Gasteiger charge is -2.26. The van der Waals surface area contributed by atoms with Crippen LogP contribution in [-0.4, -0.2) is 28.6 Å². The Hall–Kier alpha value is -2.11. The number of ether oxygens (including phenoxy) is 1. The highest BCUT2D eigenvalue weighted by Crippen LogP contribution is 2.21. The summed E-state index contributed by atoms with van der Waals surface area (Å²) in [6.45, 7) is 7.20. The van der Waals surface area contributed by atoms with Crippen LogP contribution in [0.5, 0.6) is 5.75 Å². The summed E-state index contributed by atoms with van der Waals surface area (Å²) in [5, 5.41) is 11.8. The monoisotopic (exact) mass is 297 g/mol. The number of hydrogen-bond donors (Lipinski definition) is 2. The third-order valence-electron chi connectivity index (χ3n) is 3.19. The minimum atomic E-state index is -1.31.